The van der Waals surface area contributed by atoms with Crippen LogP contribution in [0.1, 0.15) is 29.9 Å². The number of benzene rings is 2. The average Bonchev–Trinajstić information content (AvgIpc) is 3.36. The Morgan fingerprint density at radius 2 is 1.92 bits per heavy atom. The van der Waals surface area contributed by atoms with E-state index in [1.807, 2.05) is 30.3 Å². The molecule has 1 atom stereocenters. The normalized spacial score (nSPS) is 15.6. The zero-order valence-electron chi connectivity index (χ0n) is 18.7. The molecular formula is C26H17Br2FN2O4S. The van der Waals surface area contributed by atoms with E-state index in [0.29, 0.717) is 41.1 Å². The first kappa shape index (κ1) is 24.6. The molecule has 0 radical (unpaired) electrons. The van der Waals surface area contributed by atoms with E-state index < -0.39 is 17.8 Å². The van der Waals surface area contributed by atoms with E-state index >= 15 is 0 Å². The van der Waals surface area contributed by atoms with Crippen molar-refractivity contribution in [2.24, 2.45) is 4.99 Å². The van der Waals surface area contributed by atoms with Crippen LogP contribution in [0.4, 0.5) is 4.39 Å². The quantitative estimate of drug-likeness (QED) is 0.284. The number of carbonyl (C=O) groups is 1. The molecular weight excluding hydrogens is 615 g/mol. The van der Waals surface area contributed by atoms with Crippen LogP contribution >= 0.6 is 43.2 Å². The number of fused-ring (bicyclic) bond motifs is 1. The fourth-order valence-corrected chi connectivity index (χ4v) is 5.55. The molecule has 182 valence electrons. The zero-order chi connectivity index (χ0) is 25.4. The number of hydrogen-bond donors (Lipinski definition) is 0. The van der Waals surface area contributed by atoms with Gasteiger partial charge in [-0.3, -0.25) is 9.36 Å². The molecule has 1 aliphatic heterocycles. The molecule has 3 heterocycles. The number of carbonyl (C=O) groups excluding carboxylic acids is 1. The Hall–Kier alpha value is -3.08. The van der Waals surface area contributed by atoms with Gasteiger partial charge in [0.25, 0.3) is 5.56 Å². The topological polar surface area (TPSA) is 73.8 Å². The van der Waals surface area contributed by atoms with Gasteiger partial charge in [0.2, 0.25) is 0 Å². The number of aromatic nitrogens is 1. The minimum atomic E-state index is -0.867. The summed E-state index contributed by atoms with van der Waals surface area (Å²) in [4.78, 5) is 32.2. The summed E-state index contributed by atoms with van der Waals surface area (Å²) in [5.74, 6) is -0.557. The maximum absolute atomic E-state index is 13.8. The molecule has 0 aliphatic carbocycles. The molecule has 10 heteroatoms. The van der Waals surface area contributed by atoms with Crippen LogP contribution < -0.4 is 14.9 Å². The van der Waals surface area contributed by atoms with Gasteiger partial charge >= 0.3 is 5.97 Å². The summed E-state index contributed by atoms with van der Waals surface area (Å²) in [6.45, 7) is 1.86. The largest absolute Gasteiger partial charge is 0.463 e. The molecule has 2 aromatic carbocycles. The molecule has 1 aliphatic rings. The van der Waals surface area contributed by atoms with Gasteiger partial charge in [-0.15, -0.1) is 0 Å². The first-order chi connectivity index (χ1) is 17.4. The van der Waals surface area contributed by atoms with Gasteiger partial charge in [-0.05, 0) is 62.5 Å². The number of ether oxygens (including phenoxy) is 1. The Balaban J connectivity index is 1.83. The SMILES string of the molecule is CCOC(=O)C1=C(c2ccccc2)N=c2sc(=Cc3cc(Br)c(Br)o3)c(=O)n2[C@H]1c1ccc(F)cc1. The van der Waals surface area contributed by atoms with Crippen molar-refractivity contribution in [3.05, 3.63) is 118 Å². The number of rotatable bonds is 5. The summed E-state index contributed by atoms with van der Waals surface area (Å²) in [6.07, 6.45) is 1.62. The van der Waals surface area contributed by atoms with E-state index in [1.54, 1.807) is 31.2 Å². The molecule has 5 rings (SSSR count). The lowest BCUT2D eigenvalue weighted by Gasteiger charge is -2.25. The Morgan fingerprint density at radius 3 is 2.56 bits per heavy atom. The predicted octanol–water partition coefficient (Wildman–Crippen LogP) is 5.19. The molecule has 6 nitrogen and oxygen atoms in total. The molecule has 36 heavy (non-hydrogen) atoms. The number of hydrogen-bond acceptors (Lipinski definition) is 6. The van der Waals surface area contributed by atoms with E-state index in [9.17, 15) is 14.0 Å². The summed E-state index contributed by atoms with van der Waals surface area (Å²) in [6, 6.07) is 15.8. The molecule has 0 amide bonds. The van der Waals surface area contributed by atoms with Crippen LogP contribution in [0, 0.1) is 5.82 Å². The van der Waals surface area contributed by atoms with Gasteiger partial charge in [0.05, 0.1) is 32.9 Å². The Bertz CT molecular complexity index is 1650. The van der Waals surface area contributed by atoms with Crippen LogP contribution in [0.15, 0.2) is 89.6 Å². The summed E-state index contributed by atoms with van der Waals surface area (Å²) in [7, 11) is 0. The highest BCUT2D eigenvalue weighted by Crippen LogP contribution is 2.35. The lowest BCUT2D eigenvalue weighted by molar-refractivity contribution is -0.138. The highest BCUT2D eigenvalue weighted by molar-refractivity contribution is 9.13. The summed E-state index contributed by atoms with van der Waals surface area (Å²) < 4.78 is 27.9. The predicted molar refractivity (Wildman–Crippen MR) is 142 cm³/mol. The second-order valence-corrected chi connectivity index (χ2v) is 10.3. The first-order valence-electron chi connectivity index (χ1n) is 10.9. The number of thiazole rings is 1. The number of halogens is 3. The first-order valence-corrected chi connectivity index (χ1v) is 13.3. The van der Waals surface area contributed by atoms with Crippen molar-refractivity contribution < 1.29 is 18.3 Å². The van der Waals surface area contributed by atoms with Crippen LogP contribution in [0.5, 0.6) is 0 Å². The van der Waals surface area contributed by atoms with E-state index in [2.05, 4.69) is 31.9 Å². The van der Waals surface area contributed by atoms with Gasteiger partial charge in [-0.25, -0.2) is 14.2 Å². The smallest absolute Gasteiger partial charge is 0.338 e. The fourth-order valence-electron chi connectivity index (χ4n) is 3.96. The molecule has 0 saturated heterocycles. The fraction of sp³-hybridized carbons (Fsp3) is 0.115. The van der Waals surface area contributed by atoms with Gasteiger partial charge in [0, 0.05) is 11.6 Å². The number of esters is 1. The minimum absolute atomic E-state index is 0.146. The van der Waals surface area contributed by atoms with Gasteiger partial charge in [-0.2, -0.15) is 0 Å². The van der Waals surface area contributed by atoms with E-state index in [4.69, 9.17) is 14.1 Å². The number of nitrogens with zero attached hydrogens (tertiary/aromatic N) is 2. The molecule has 0 bridgehead atoms. The van der Waals surface area contributed by atoms with Crippen molar-refractivity contribution in [1.29, 1.82) is 0 Å². The third kappa shape index (κ3) is 4.56. The van der Waals surface area contributed by atoms with Gasteiger partial charge in [0.1, 0.15) is 11.6 Å². The average molecular weight is 632 g/mol. The summed E-state index contributed by atoms with van der Waals surface area (Å²) in [5, 5.41) is 0. The minimum Gasteiger partial charge on any atom is -0.463 e. The van der Waals surface area contributed by atoms with Crippen molar-refractivity contribution in [3.63, 3.8) is 0 Å². The van der Waals surface area contributed by atoms with E-state index in [1.165, 1.54) is 28.0 Å². The van der Waals surface area contributed by atoms with Crippen LogP contribution in [0.25, 0.3) is 11.8 Å². The molecule has 0 fully saturated rings. The lowest BCUT2D eigenvalue weighted by atomic mass is 9.93. The highest BCUT2D eigenvalue weighted by Gasteiger charge is 2.35. The van der Waals surface area contributed by atoms with Crippen LogP contribution in [-0.4, -0.2) is 17.1 Å². The third-order valence-corrected chi connectivity index (χ3v) is 8.19. The molecule has 4 aromatic rings. The third-order valence-electron chi connectivity index (χ3n) is 5.50. The second kappa shape index (κ2) is 10.1. The van der Waals surface area contributed by atoms with Crippen molar-refractivity contribution in [3.8, 4) is 0 Å². The highest BCUT2D eigenvalue weighted by atomic mass is 79.9. The van der Waals surface area contributed by atoms with Crippen molar-refractivity contribution >= 4 is 60.9 Å². The van der Waals surface area contributed by atoms with Crippen LogP contribution in [0.3, 0.4) is 0 Å². The molecule has 0 spiro atoms. The van der Waals surface area contributed by atoms with Crippen molar-refractivity contribution in [2.75, 3.05) is 6.61 Å². The Morgan fingerprint density at radius 1 is 1.19 bits per heavy atom. The lowest BCUT2D eigenvalue weighted by Crippen LogP contribution is -2.40. The van der Waals surface area contributed by atoms with Crippen LogP contribution in [-0.2, 0) is 9.53 Å². The van der Waals surface area contributed by atoms with Crippen molar-refractivity contribution in [2.45, 2.75) is 13.0 Å². The summed E-state index contributed by atoms with van der Waals surface area (Å²) in [5.41, 5.74) is 1.51. The molecule has 2 aromatic heterocycles. The Labute approximate surface area is 225 Å². The summed E-state index contributed by atoms with van der Waals surface area (Å²) >= 11 is 7.85. The van der Waals surface area contributed by atoms with Gasteiger partial charge < -0.3 is 9.15 Å². The molecule has 0 unspecified atom stereocenters. The Kier molecular flexibility index (Phi) is 6.92. The van der Waals surface area contributed by atoms with Crippen LogP contribution in [0.2, 0.25) is 0 Å². The maximum atomic E-state index is 13.8. The number of furan rings is 1. The maximum Gasteiger partial charge on any atom is 0.338 e. The molecule has 0 N–H and O–H groups in total. The van der Waals surface area contributed by atoms with E-state index in [-0.39, 0.29) is 17.7 Å². The zero-order valence-corrected chi connectivity index (χ0v) is 22.7. The molecule has 0 saturated carbocycles. The van der Waals surface area contributed by atoms with Crippen molar-refractivity contribution in [1.82, 2.24) is 4.57 Å². The van der Waals surface area contributed by atoms with Gasteiger partial charge in [0.15, 0.2) is 9.47 Å². The standard InChI is InChI=1S/C26H17Br2FN2O4S/c1-2-34-25(33)20-21(14-6-4-3-5-7-14)30-26-31(22(20)15-8-10-16(29)11-9-15)24(32)19(36-26)13-17-12-18(27)23(28)35-17/h3-13,22H,2H2,1H3/t22-/m0/s1. The monoisotopic (exact) mass is 630 g/mol. The second-order valence-electron chi connectivity index (χ2n) is 7.75. The van der Waals surface area contributed by atoms with Gasteiger partial charge in [-0.1, -0.05) is 53.8 Å². The van der Waals surface area contributed by atoms with E-state index in [0.717, 1.165) is 0 Å².